The third-order valence-electron chi connectivity index (χ3n) is 6.75. The lowest BCUT2D eigenvalue weighted by molar-refractivity contribution is -0.122. The first-order valence-electron chi connectivity index (χ1n) is 11.6. The van der Waals surface area contributed by atoms with Crippen LogP contribution < -0.4 is 29.2 Å². The second-order valence-electron chi connectivity index (χ2n) is 9.06. The van der Waals surface area contributed by atoms with Gasteiger partial charge < -0.3 is 29.2 Å². The fraction of sp³-hybridized carbons (Fsp3) is 0.440. The molecule has 0 radical (unpaired) electrons. The van der Waals surface area contributed by atoms with Gasteiger partial charge in [0.05, 0.1) is 5.92 Å². The van der Waals surface area contributed by atoms with Crippen molar-refractivity contribution >= 4 is 23.2 Å². The van der Waals surface area contributed by atoms with Crippen LogP contribution in [0.4, 0.5) is 11.4 Å². The smallest absolute Gasteiger partial charge is 0.251 e. The van der Waals surface area contributed by atoms with E-state index in [2.05, 4.69) is 5.32 Å². The number of rotatable bonds is 3. The minimum atomic E-state index is -0.550. The highest BCUT2D eigenvalue weighted by Gasteiger charge is 2.42. The first-order chi connectivity index (χ1) is 16.1. The fourth-order valence-electron chi connectivity index (χ4n) is 5.04. The van der Waals surface area contributed by atoms with Crippen molar-refractivity contribution in [2.24, 2.45) is 5.92 Å². The third-order valence-corrected chi connectivity index (χ3v) is 6.75. The highest BCUT2D eigenvalue weighted by Crippen LogP contribution is 2.46. The number of carbonyl (C=O) groups excluding carboxylic acids is 2. The number of nitrogens with one attached hydrogen (secondary N) is 1. The lowest BCUT2D eigenvalue weighted by Gasteiger charge is -2.31. The SMILES string of the molecule is O=C(Nc1ccc2c(c1)OC1(CCCCC1)O2)C1CC(=O)N(c2ccc3c(c2)OCCO3)C1. The Morgan fingerprint density at radius 2 is 1.67 bits per heavy atom. The lowest BCUT2D eigenvalue weighted by atomic mass is 9.94. The maximum atomic E-state index is 13.0. The van der Waals surface area contributed by atoms with Crippen LogP contribution in [-0.2, 0) is 9.59 Å². The second kappa shape index (κ2) is 7.86. The van der Waals surface area contributed by atoms with Gasteiger partial charge in [-0.1, -0.05) is 6.42 Å². The molecule has 6 rings (SSSR count). The molecular weight excluding hydrogens is 424 g/mol. The highest BCUT2D eigenvalue weighted by molar-refractivity contribution is 6.03. The molecule has 1 aliphatic carbocycles. The average Bonchev–Trinajstić information content (AvgIpc) is 3.39. The van der Waals surface area contributed by atoms with E-state index in [-0.39, 0.29) is 18.2 Å². The van der Waals surface area contributed by atoms with Crippen LogP contribution in [0.3, 0.4) is 0 Å². The average molecular weight is 450 g/mol. The van der Waals surface area contributed by atoms with Crippen LogP contribution in [0.25, 0.3) is 0 Å². The molecule has 0 bridgehead atoms. The van der Waals surface area contributed by atoms with E-state index < -0.39 is 11.7 Å². The van der Waals surface area contributed by atoms with Gasteiger partial charge in [-0.3, -0.25) is 9.59 Å². The number of anilines is 2. The van der Waals surface area contributed by atoms with Crippen LogP contribution >= 0.6 is 0 Å². The van der Waals surface area contributed by atoms with Gasteiger partial charge in [0.25, 0.3) is 5.79 Å². The summed E-state index contributed by atoms with van der Waals surface area (Å²) in [6.45, 7) is 1.31. The summed E-state index contributed by atoms with van der Waals surface area (Å²) >= 11 is 0. The molecule has 8 nitrogen and oxygen atoms in total. The number of carbonyl (C=O) groups is 2. The van der Waals surface area contributed by atoms with Crippen molar-refractivity contribution in [3.05, 3.63) is 36.4 Å². The van der Waals surface area contributed by atoms with Crippen molar-refractivity contribution in [1.29, 1.82) is 0 Å². The summed E-state index contributed by atoms with van der Waals surface area (Å²) in [4.78, 5) is 27.3. The molecule has 33 heavy (non-hydrogen) atoms. The van der Waals surface area contributed by atoms with E-state index in [1.165, 1.54) is 6.42 Å². The van der Waals surface area contributed by atoms with Gasteiger partial charge in [0.1, 0.15) is 13.2 Å². The number of fused-ring (bicyclic) bond motifs is 2. The quantitative estimate of drug-likeness (QED) is 0.764. The van der Waals surface area contributed by atoms with Gasteiger partial charge in [0.2, 0.25) is 11.8 Å². The molecule has 3 heterocycles. The third kappa shape index (κ3) is 3.73. The molecule has 8 heteroatoms. The minimum Gasteiger partial charge on any atom is -0.486 e. The van der Waals surface area contributed by atoms with E-state index in [0.29, 0.717) is 48.4 Å². The van der Waals surface area contributed by atoms with Gasteiger partial charge in [-0.25, -0.2) is 0 Å². The summed E-state index contributed by atoms with van der Waals surface area (Å²) < 4.78 is 23.4. The number of benzene rings is 2. The molecule has 1 unspecified atom stereocenters. The van der Waals surface area contributed by atoms with Crippen molar-refractivity contribution in [1.82, 2.24) is 0 Å². The van der Waals surface area contributed by atoms with Crippen LogP contribution in [0.2, 0.25) is 0 Å². The predicted octanol–water partition coefficient (Wildman–Crippen LogP) is 3.88. The number of hydrogen-bond donors (Lipinski definition) is 1. The molecule has 2 aromatic rings. The minimum absolute atomic E-state index is 0.0863. The Hall–Kier alpha value is -3.42. The van der Waals surface area contributed by atoms with E-state index in [1.807, 2.05) is 24.3 Å². The molecule has 1 spiro atoms. The zero-order valence-corrected chi connectivity index (χ0v) is 18.3. The van der Waals surface area contributed by atoms with Gasteiger partial charge in [-0.15, -0.1) is 0 Å². The van der Waals surface area contributed by atoms with Crippen LogP contribution in [0.1, 0.15) is 38.5 Å². The van der Waals surface area contributed by atoms with Crippen LogP contribution in [0.15, 0.2) is 36.4 Å². The maximum Gasteiger partial charge on any atom is 0.251 e. The largest absolute Gasteiger partial charge is 0.486 e. The first-order valence-corrected chi connectivity index (χ1v) is 11.6. The van der Waals surface area contributed by atoms with Crippen LogP contribution in [0, 0.1) is 5.92 Å². The van der Waals surface area contributed by atoms with Crippen molar-refractivity contribution in [2.45, 2.75) is 44.3 Å². The van der Waals surface area contributed by atoms with E-state index >= 15 is 0 Å². The van der Waals surface area contributed by atoms with Gasteiger partial charge in [-0.05, 0) is 37.1 Å². The normalized spacial score (nSPS) is 22.5. The van der Waals surface area contributed by atoms with E-state index in [9.17, 15) is 9.59 Å². The zero-order chi connectivity index (χ0) is 22.4. The summed E-state index contributed by atoms with van der Waals surface area (Å²) in [5.41, 5.74) is 1.35. The molecule has 1 saturated carbocycles. The molecule has 2 fully saturated rings. The molecule has 1 N–H and O–H groups in total. The molecule has 1 atom stereocenters. The molecular formula is C25H26N2O6. The Kier molecular flexibility index (Phi) is 4.81. The molecule has 2 amide bonds. The fourth-order valence-corrected chi connectivity index (χ4v) is 5.04. The van der Waals surface area contributed by atoms with Crippen molar-refractivity contribution in [2.75, 3.05) is 30.0 Å². The second-order valence-corrected chi connectivity index (χ2v) is 9.06. The van der Waals surface area contributed by atoms with Gasteiger partial charge in [0.15, 0.2) is 23.0 Å². The van der Waals surface area contributed by atoms with E-state index in [1.54, 1.807) is 17.0 Å². The zero-order valence-electron chi connectivity index (χ0n) is 18.3. The number of hydrogen-bond acceptors (Lipinski definition) is 6. The van der Waals surface area contributed by atoms with Crippen molar-refractivity contribution in [3.63, 3.8) is 0 Å². The first kappa shape index (κ1) is 20.2. The maximum absolute atomic E-state index is 13.0. The Morgan fingerprint density at radius 3 is 2.52 bits per heavy atom. The summed E-state index contributed by atoms with van der Waals surface area (Å²) in [7, 11) is 0. The number of ether oxygens (including phenoxy) is 4. The van der Waals surface area contributed by atoms with Gasteiger partial charge in [-0.2, -0.15) is 0 Å². The molecule has 172 valence electrons. The summed E-state index contributed by atoms with van der Waals surface area (Å²) in [5.74, 6) is 1.41. The Balaban J connectivity index is 1.13. The molecule has 4 aliphatic rings. The standard InChI is InChI=1S/C25H26N2O6/c28-23-12-16(15-27(23)18-5-7-19-21(14-18)31-11-10-30-19)24(29)26-17-4-6-20-22(13-17)33-25(32-20)8-2-1-3-9-25/h4-7,13-14,16H,1-3,8-12,15H2,(H,26,29). The Labute approximate surface area is 191 Å². The number of amides is 2. The topological polar surface area (TPSA) is 86.3 Å². The van der Waals surface area contributed by atoms with Gasteiger partial charge >= 0.3 is 0 Å². The molecule has 2 aromatic carbocycles. The van der Waals surface area contributed by atoms with Crippen molar-refractivity contribution < 1.29 is 28.5 Å². The predicted molar refractivity (Wildman–Crippen MR) is 120 cm³/mol. The molecule has 0 aromatic heterocycles. The monoisotopic (exact) mass is 450 g/mol. The van der Waals surface area contributed by atoms with Gasteiger partial charge in [0, 0.05) is 49.3 Å². The van der Waals surface area contributed by atoms with Crippen LogP contribution in [0.5, 0.6) is 23.0 Å². The summed E-state index contributed by atoms with van der Waals surface area (Å²) in [5, 5.41) is 2.95. The highest BCUT2D eigenvalue weighted by atomic mass is 16.7. The number of nitrogens with zero attached hydrogens (tertiary/aromatic N) is 1. The summed E-state index contributed by atoms with van der Waals surface area (Å²) in [6.07, 6.45) is 5.30. The molecule has 1 saturated heterocycles. The molecule has 3 aliphatic heterocycles. The summed E-state index contributed by atoms with van der Waals surface area (Å²) in [6, 6.07) is 10.9. The van der Waals surface area contributed by atoms with Crippen LogP contribution in [-0.4, -0.2) is 37.4 Å². The van der Waals surface area contributed by atoms with E-state index in [4.69, 9.17) is 18.9 Å². The van der Waals surface area contributed by atoms with E-state index in [0.717, 1.165) is 31.4 Å². The Morgan fingerprint density at radius 1 is 0.909 bits per heavy atom. The van der Waals surface area contributed by atoms with Crippen molar-refractivity contribution in [3.8, 4) is 23.0 Å². The Bertz CT molecular complexity index is 1110. The lowest BCUT2D eigenvalue weighted by Crippen LogP contribution is -2.40.